The van der Waals surface area contributed by atoms with Crippen LogP contribution >= 0.6 is 11.3 Å². The Morgan fingerprint density at radius 2 is 2.55 bits per heavy atom. The van der Waals surface area contributed by atoms with Crippen LogP contribution in [0.2, 0.25) is 0 Å². The lowest BCUT2D eigenvalue weighted by Crippen LogP contribution is -2.40. The van der Waals surface area contributed by atoms with Crippen molar-refractivity contribution >= 4 is 17.4 Å². The number of urea groups is 1. The molecule has 1 saturated heterocycles. The van der Waals surface area contributed by atoms with Crippen LogP contribution in [-0.2, 0) is 4.74 Å². The van der Waals surface area contributed by atoms with Gasteiger partial charge in [0.15, 0.2) is 0 Å². The van der Waals surface area contributed by atoms with Crippen LogP contribution < -0.4 is 5.32 Å². The topological polar surface area (TPSA) is 54.5 Å². The number of amides is 2. The van der Waals surface area contributed by atoms with Crippen molar-refractivity contribution in [3.8, 4) is 0 Å². The summed E-state index contributed by atoms with van der Waals surface area (Å²) in [5.41, 5.74) is 0. The number of carbonyl (C=O) groups excluding carboxylic acids is 1. The van der Waals surface area contributed by atoms with E-state index in [9.17, 15) is 4.79 Å². The Hall–Kier alpha value is -1.14. The van der Waals surface area contributed by atoms with Gasteiger partial charge in [0.05, 0.1) is 11.1 Å². The molecule has 0 unspecified atom stereocenters. The number of carbonyl (C=O) groups is 1. The number of aromatic nitrogens is 1. The zero-order valence-electron chi connectivity index (χ0n) is 12.2. The first-order valence-electron chi connectivity index (χ1n) is 7.16. The molecule has 1 aliphatic rings. The molecule has 20 heavy (non-hydrogen) atoms. The third-order valence-electron chi connectivity index (χ3n) is 3.53. The summed E-state index contributed by atoms with van der Waals surface area (Å²) in [5, 5.41) is 5.99. The molecule has 0 bridgehead atoms. The Morgan fingerprint density at radius 3 is 3.20 bits per heavy atom. The Balaban J connectivity index is 1.66. The molecule has 1 fully saturated rings. The lowest BCUT2D eigenvalue weighted by molar-refractivity contribution is 0.104. The van der Waals surface area contributed by atoms with Gasteiger partial charge in [-0.25, -0.2) is 9.78 Å². The summed E-state index contributed by atoms with van der Waals surface area (Å²) in [6.45, 7) is 4.32. The van der Waals surface area contributed by atoms with Crippen LogP contribution in [0.25, 0.3) is 0 Å². The van der Waals surface area contributed by atoms with E-state index in [2.05, 4.69) is 17.2 Å². The molecule has 112 valence electrons. The second kappa shape index (κ2) is 7.59. The summed E-state index contributed by atoms with van der Waals surface area (Å²) in [4.78, 5) is 18.0. The monoisotopic (exact) mass is 297 g/mol. The molecule has 2 heterocycles. The van der Waals surface area contributed by atoms with E-state index in [4.69, 9.17) is 4.74 Å². The molecule has 0 spiro atoms. The largest absolute Gasteiger partial charge is 0.378 e. The minimum absolute atomic E-state index is 0.0218. The van der Waals surface area contributed by atoms with Crippen molar-refractivity contribution in [2.45, 2.75) is 38.2 Å². The second-order valence-electron chi connectivity index (χ2n) is 5.31. The van der Waals surface area contributed by atoms with E-state index in [1.165, 1.54) is 0 Å². The molecule has 6 heteroatoms. The summed E-state index contributed by atoms with van der Waals surface area (Å²) in [6, 6.07) is -0.0218. The van der Waals surface area contributed by atoms with Crippen molar-refractivity contribution in [3.63, 3.8) is 0 Å². The number of ether oxygens (including phenoxy) is 1. The lowest BCUT2D eigenvalue weighted by Gasteiger charge is -2.21. The van der Waals surface area contributed by atoms with Gasteiger partial charge in [-0.05, 0) is 19.3 Å². The van der Waals surface area contributed by atoms with E-state index in [-0.39, 0.29) is 11.9 Å². The third kappa shape index (κ3) is 4.45. The van der Waals surface area contributed by atoms with Gasteiger partial charge in [-0.1, -0.05) is 6.92 Å². The van der Waals surface area contributed by atoms with Crippen LogP contribution in [-0.4, -0.2) is 48.8 Å². The first kappa shape index (κ1) is 15.3. The first-order valence-corrected chi connectivity index (χ1v) is 8.04. The average molecular weight is 297 g/mol. The Kier molecular flexibility index (Phi) is 5.79. The Bertz CT molecular complexity index is 405. The molecule has 0 aromatic carbocycles. The van der Waals surface area contributed by atoms with Crippen LogP contribution in [0, 0.1) is 0 Å². The van der Waals surface area contributed by atoms with Gasteiger partial charge in [0, 0.05) is 44.2 Å². The number of rotatable bonds is 6. The highest BCUT2D eigenvalue weighted by Gasteiger charge is 2.17. The molecule has 5 nitrogen and oxygen atoms in total. The van der Waals surface area contributed by atoms with Crippen molar-refractivity contribution in [2.24, 2.45) is 0 Å². The molecule has 2 rings (SSSR count). The molecular weight excluding hydrogens is 274 g/mol. The summed E-state index contributed by atoms with van der Waals surface area (Å²) in [6.07, 6.45) is 5.30. The maximum atomic E-state index is 12.0. The van der Waals surface area contributed by atoms with E-state index < -0.39 is 0 Å². The van der Waals surface area contributed by atoms with Crippen molar-refractivity contribution in [1.29, 1.82) is 0 Å². The molecule has 0 radical (unpaired) electrons. The molecular formula is C14H23N3O2S. The zero-order valence-corrected chi connectivity index (χ0v) is 13.0. The number of thiazole rings is 1. The molecule has 1 aliphatic heterocycles. The molecule has 0 aliphatic carbocycles. The Morgan fingerprint density at radius 1 is 1.70 bits per heavy atom. The van der Waals surface area contributed by atoms with E-state index in [1.54, 1.807) is 22.4 Å². The van der Waals surface area contributed by atoms with Gasteiger partial charge < -0.3 is 15.0 Å². The average Bonchev–Trinajstić information content (AvgIpc) is 3.11. The normalized spacial score (nSPS) is 19.8. The van der Waals surface area contributed by atoms with E-state index in [1.807, 2.05) is 12.4 Å². The van der Waals surface area contributed by atoms with Gasteiger partial charge in [-0.3, -0.25) is 0 Å². The van der Waals surface area contributed by atoms with E-state index in [0.717, 1.165) is 30.9 Å². The summed E-state index contributed by atoms with van der Waals surface area (Å²) < 4.78 is 5.54. The molecule has 0 saturated carbocycles. The van der Waals surface area contributed by atoms with Gasteiger partial charge in [-0.2, -0.15) is 0 Å². The van der Waals surface area contributed by atoms with Gasteiger partial charge in [0.1, 0.15) is 0 Å². The first-order chi connectivity index (χ1) is 9.66. The minimum Gasteiger partial charge on any atom is -0.378 e. The number of nitrogens with zero attached hydrogens (tertiary/aromatic N) is 2. The fraction of sp³-hybridized carbons (Fsp3) is 0.714. The smallest absolute Gasteiger partial charge is 0.317 e. The van der Waals surface area contributed by atoms with Gasteiger partial charge >= 0.3 is 6.03 Å². The fourth-order valence-electron chi connectivity index (χ4n) is 2.40. The molecule has 2 amide bonds. The summed E-state index contributed by atoms with van der Waals surface area (Å²) in [5.74, 6) is 0.268. The van der Waals surface area contributed by atoms with E-state index in [0.29, 0.717) is 19.2 Å². The van der Waals surface area contributed by atoms with Gasteiger partial charge in [0.2, 0.25) is 0 Å². The highest BCUT2D eigenvalue weighted by atomic mass is 32.1. The van der Waals surface area contributed by atoms with Gasteiger partial charge in [-0.15, -0.1) is 11.3 Å². The fourth-order valence-corrected chi connectivity index (χ4v) is 3.09. The van der Waals surface area contributed by atoms with Crippen LogP contribution in [0.4, 0.5) is 4.79 Å². The highest BCUT2D eigenvalue weighted by Crippen LogP contribution is 2.18. The SMILES string of the molecule is C[C@H](CN(C)C(=O)NCC[C@@H]1CCCO1)c1nccs1. The van der Waals surface area contributed by atoms with E-state index >= 15 is 0 Å². The number of likely N-dealkylation sites (N-methyl/N-ethyl adjacent to an activating group) is 1. The number of hydrogen-bond donors (Lipinski definition) is 1. The Labute approximate surface area is 124 Å². The van der Waals surface area contributed by atoms with Crippen molar-refractivity contribution < 1.29 is 9.53 Å². The summed E-state index contributed by atoms with van der Waals surface area (Å²) in [7, 11) is 1.82. The predicted molar refractivity (Wildman–Crippen MR) is 80.1 cm³/mol. The maximum absolute atomic E-state index is 12.0. The second-order valence-corrected chi connectivity index (χ2v) is 6.23. The lowest BCUT2D eigenvalue weighted by atomic mass is 10.2. The number of hydrogen-bond acceptors (Lipinski definition) is 4. The van der Waals surface area contributed by atoms with Crippen molar-refractivity contribution in [1.82, 2.24) is 15.2 Å². The number of nitrogens with one attached hydrogen (secondary N) is 1. The van der Waals surface area contributed by atoms with Crippen molar-refractivity contribution in [3.05, 3.63) is 16.6 Å². The zero-order chi connectivity index (χ0) is 14.4. The quantitative estimate of drug-likeness (QED) is 0.877. The van der Waals surface area contributed by atoms with Crippen molar-refractivity contribution in [2.75, 3.05) is 26.7 Å². The predicted octanol–water partition coefficient (Wildman–Crippen LogP) is 2.46. The third-order valence-corrected chi connectivity index (χ3v) is 4.54. The van der Waals surface area contributed by atoms with Crippen LogP contribution in [0.3, 0.4) is 0 Å². The van der Waals surface area contributed by atoms with Crippen LogP contribution in [0.5, 0.6) is 0 Å². The minimum atomic E-state index is -0.0218. The molecule has 2 atom stereocenters. The highest BCUT2D eigenvalue weighted by molar-refractivity contribution is 7.09. The van der Waals surface area contributed by atoms with Crippen LogP contribution in [0.15, 0.2) is 11.6 Å². The summed E-state index contributed by atoms with van der Waals surface area (Å²) >= 11 is 1.63. The maximum Gasteiger partial charge on any atom is 0.317 e. The molecule has 1 N–H and O–H groups in total. The standard InChI is InChI=1S/C14H23N3O2S/c1-11(13-15-7-9-20-13)10-17(2)14(18)16-6-5-12-4-3-8-19-12/h7,9,11-12H,3-6,8,10H2,1-2H3,(H,16,18)/t11-,12+/m1/s1. The van der Waals surface area contributed by atoms with Crippen LogP contribution in [0.1, 0.15) is 37.1 Å². The van der Waals surface area contributed by atoms with Gasteiger partial charge in [0.25, 0.3) is 0 Å². The molecule has 1 aromatic rings. The molecule has 1 aromatic heterocycles.